The molecule has 2 N–H and O–H groups in total. The summed E-state index contributed by atoms with van der Waals surface area (Å²) in [6, 6.07) is 10.1. The summed E-state index contributed by atoms with van der Waals surface area (Å²) < 4.78 is 7.64. The first kappa shape index (κ1) is 19.8. The van der Waals surface area contributed by atoms with Gasteiger partial charge < -0.3 is 20.3 Å². The number of rotatable bonds is 9. The maximum absolute atomic E-state index is 5.79. The quantitative estimate of drug-likeness (QED) is 0.527. The van der Waals surface area contributed by atoms with Crippen molar-refractivity contribution in [2.24, 2.45) is 12.0 Å². The van der Waals surface area contributed by atoms with Crippen molar-refractivity contribution in [2.75, 3.05) is 33.8 Å². The van der Waals surface area contributed by atoms with Crippen LogP contribution >= 0.6 is 0 Å². The minimum Gasteiger partial charge on any atom is -0.492 e. The highest BCUT2D eigenvalue weighted by atomic mass is 16.5. The van der Waals surface area contributed by atoms with Crippen LogP contribution in [-0.4, -0.2) is 54.4 Å². The molecular formula is C19H30N6O. The van der Waals surface area contributed by atoms with Crippen LogP contribution in [0.5, 0.6) is 5.75 Å². The van der Waals surface area contributed by atoms with Gasteiger partial charge in [-0.2, -0.15) is 5.10 Å². The van der Waals surface area contributed by atoms with E-state index < -0.39 is 0 Å². The first-order valence-corrected chi connectivity index (χ1v) is 8.94. The van der Waals surface area contributed by atoms with Gasteiger partial charge in [0.25, 0.3) is 0 Å². The maximum atomic E-state index is 5.79. The Hall–Kier alpha value is -2.54. The third kappa shape index (κ3) is 6.76. The number of ether oxygens (including phenoxy) is 1. The summed E-state index contributed by atoms with van der Waals surface area (Å²) in [5.41, 5.74) is 2.22. The Morgan fingerprint density at radius 3 is 2.81 bits per heavy atom. The topological polar surface area (TPSA) is 66.7 Å². The molecule has 1 aromatic carbocycles. The van der Waals surface area contributed by atoms with Gasteiger partial charge in [0.2, 0.25) is 0 Å². The van der Waals surface area contributed by atoms with Gasteiger partial charge in [-0.3, -0.25) is 4.68 Å². The van der Waals surface area contributed by atoms with Gasteiger partial charge in [-0.25, -0.2) is 4.99 Å². The number of benzene rings is 1. The van der Waals surface area contributed by atoms with Crippen molar-refractivity contribution in [3.8, 4) is 5.75 Å². The number of aromatic nitrogens is 2. The molecule has 1 aromatic heterocycles. The molecular weight excluding hydrogens is 328 g/mol. The van der Waals surface area contributed by atoms with E-state index in [2.05, 4.69) is 38.6 Å². The van der Waals surface area contributed by atoms with Crippen molar-refractivity contribution >= 4 is 5.96 Å². The second kappa shape index (κ2) is 10.5. The first-order chi connectivity index (χ1) is 12.6. The van der Waals surface area contributed by atoms with E-state index in [0.717, 1.165) is 36.1 Å². The van der Waals surface area contributed by atoms with Gasteiger partial charge in [-0.15, -0.1) is 0 Å². The Labute approximate surface area is 156 Å². The molecule has 0 amide bonds. The van der Waals surface area contributed by atoms with Gasteiger partial charge in [0.05, 0.1) is 18.8 Å². The average Bonchev–Trinajstić information content (AvgIpc) is 3.02. The molecule has 0 aliphatic carbocycles. The lowest BCUT2D eigenvalue weighted by Crippen LogP contribution is -2.37. The highest BCUT2D eigenvalue weighted by Crippen LogP contribution is 2.14. The van der Waals surface area contributed by atoms with Crippen LogP contribution in [0.2, 0.25) is 0 Å². The molecule has 0 unspecified atom stereocenters. The van der Waals surface area contributed by atoms with E-state index in [9.17, 15) is 0 Å². The molecule has 26 heavy (non-hydrogen) atoms. The summed E-state index contributed by atoms with van der Waals surface area (Å²) in [7, 11) is 6.01. The van der Waals surface area contributed by atoms with Gasteiger partial charge in [0.1, 0.15) is 12.4 Å². The van der Waals surface area contributed by atoms with Crippen molar-refractivity contribution in [3.05, 3.63) is 47.8 Å². The van der Waals surface area contributed by atoms with E-state index in [1.165, 1.54) is 0 Å². The van der Waals surface area contributed by atoms with Crippen molar-refractivity contribution in [2.45, 2.75) is 20.0 Å². The smallest absolute Gasteiger partial charge is 0.191 e. The van der Waals surface area contributed by atoms with E-state index in [0.29, 0.717) is 19.7 Å². The SMILES string of the molecule is CCNC(=NCc1cccc(OCCN(C)C)c1)NCc1ccnn1C. The molecule has 0 bridgehead atoms. The summed E-state index contributed by atoms with van der Waals surface area (Å²) in [6.45, 7) is 5.70. The predicted molar refractivity (Wildman–Crippen MR) is 105 cm³/mol. The molecule has 7 heteroatoms. The van der Waals surface area contributed by atoms with Crippen LogP contribution in [0.3, 0.4) is 0 Å². The van der Waals surface area contributed by atoms with Gasteiger partial charge in [-0.05, 0) is 44.8 Å². The molecule has 7 nitrogen and oxygen atoms in total. The number of guanidine groups is 1. The Bertz CT molecular complexity index is 695. The van der Waals surface area contributed by atoms with E-state index in [4.69, 9.17) is 4.74 Å². The third-order valence-electron chi connectivity index (χ3n) is 3.83. The van der Waals surface area contributed by atoms with Crippen LogP contribution in [0.15, 0.2) is 41.5 Å². The normalized spacial score (nSPS) is 11.7. The Balaban J connectivity index is 1.92. The monoisotopic (exact) mass is 358 g/mol. The average molecular weight is 358 g/mol. The summed E-state index contributed by atoms with van der Waals surface area (Å²) in [5.74, 6) is 1.67. The summed E-state index contributed by atoms with van der Waals surface area (Å²) in [5, 5.41) is 10.8. The summed E-state index contributed by atoms with van der Waals surface area (Å²) >= 11 is 0. The highest BCUT2D eigenvalue weighted by molar-refractivity contribution is 5.79. The van der Waals surface area contributed by atoms with Crippen LogP contribution in [0.25, 0.3) is 0 Å². The molecule has 0 aliphatic heterocycles. The number of hydrogen-bond acceptors (Lipinski definition) is 4. The zero-order valence-electron chi connectivity index (χ0n) is 16.2. The van der Waals surface area contributed by atoms with E-state index in [1.54, 1.807) is 6.20 Å². The molecule has 1 heterocycles. The van der Waals surface area contributed by atoms with Gasteiger partial charge >= 0.3 is 0 Å². The first-order valence-electron chi connectivity index (χ1n) is 8.94. The van der Waals surface area contributed by atoms with Crippen LogP contribution in [0.4, 0.5) is 0 Å². The third-order valence-corrected chi connectivity index (χ3v) is 3.83. The lowest BCUT2D eigenvalue weighted by atomic mass is 10.2. The van der Waals surface area contributed by atoms with Gasteiger partial charge in [0, 0.05) is 26.3 Å². The van der Waals surface area contributed by atoms with E-state index in [1.807, 2.05) is 50.1 Å². The lowest BCUT2D eigenvalue weighted by Gasteiger charge is -2.12. The predicted octanol–water partition coefficient (Wildman–Crippen LogP) is 1.62. The molecule has 0 saturated heterocycles. The number of hydrogen-bond donors (Lipinski definition) is 2. The fourth-order valence-electron chi connectivity index (χ4n) is 2.34. The second-order valence-corrected chi connectivity index (χ2v) is 6.29. The van der Waals surface area contributed by atoms with Crippen molar-refractivity contribution in [1.82, 2.24) is 25.3 Å². The molecule has 0 atom stereocenters. The number of nitrogens with zero attached hydrogens (tertiary/aromatic N) is 4. The van der Waals surface area contributed by atoms with Crippen molar-refractivity contribution in [3.63, 3.8) is 0 Å². The lowest BCUT2D eigenvalue weighted by molar-refractivity contribution is 0.261. The zero-order chi connectivity index (χ0) is 18.8. The van der Waals surface area contributed by atoms with Crippen LogP contribution < -0.4 is 15.4 Å². The molecule has 2 aromatic rings. The van der Waals surface area contributed by atoms with Gasteiger partial charge in [-0.1, -0.05) is 12.1 Å². The maximum Gasteiger partial charge on any atom is 0.191 e. The molecule has 0 radical (unpaired) electrons. The van der Waals surface area contributed by atoms with Crippen LogP contribution in [-0.2, 0) is 20.1 Å². The molecule has 0 aliphatic rings. The summed E-state index contributed by atoms with van der Waals surface area (Å²) in [6.07, 6.45) is 1.79. The Kier molecular flexibility index (Phi) is 7.95. The molecule has 0 spiro atoms. The zero-order valence-corrected chi connectivity index (χ0v) is 16.2. The highest BCUT2D eigenvalue weighted by Gasteiger charge is 2.02. The minimum absolute atomic E-state index is 0.589. The Morgan fingerprint density at radius 2 is 2.12 bits per heavy atom. The van der Waals surface area contributed by atoms with Crippen molar-refractivity contribution in [1.29, 1.82) is 0 Å². The number of likely N-dealkylation sites (N-methyl/N-ethyl adjacent to an activating group) is 1. The second-order valence-electron chi connectivity index (χ2n) is 6.29. The molecule has 0 saturated carbocycles. The largest absolute Gasteiger partial charge is 0.492 e. The Morgan fingerprint density at radius 1 is 1.27 bits per heavy atom. The number of aryl methyl sites for hydroxylation is 1. The molecule has 2 rings (SSSR count). The van der Waals surface area contributed by atoms with E-state index >= 15 is 0 Å². The van der Waals surface area contributed by atoms with Crippen LogP contribution in [0.1, 0.15) is 18.2 Å². The summed E-state index contributed by atoms with van der Waals surface area (Å²) in [4.78, 5) is 6.77. The van der Waals surface area contributed by atoms with Crippen molar-refractivity contribution < 1.29 is 4.74 Å². The van der Waals surface area contributed by atoms with Gasteiger partial charge in [0.15, 0.2) is 5.96 Å². The molecule has 0 fully saturated rings. The van der Waals surface area contributed by atoms with Crippen LogP contribution in [0, 0.1) is 0 Å². The minimum atomic E-state index is 0.589. The fourth-order valence-corrected chi connectivity index (χ4v) is 2.34. The fraction of sp³-hybridized carbons (Fsp3) is 0.474. The van der Waals surface area contributed by atoms with E-state index in [-0.39, 0.29) is 0 Å². The number of nitrogens with one attached hydrogen (secondary N) is 2. The number of aliphatic imine (C=N–C) groups is 1. The molecule has 142 valence electrons. The standard InChI is InChI=1S/C19H30N6O/c1-5-20-19(22-15-17-9-10-23-25(17)4)21-14-16-7-6-8-18(13-16)26-12-11-24(2)3/h6-10,13H,5,11-12,14-15H2,1-4H3,(H2,20,21,22).